The molecule has 0 aliphatic rings. The van der Waals surface area contributed by atoms with Gasteiger partial charge in [0.25, 0.3) is 0 Å². The van der Waals surface area contributed by atoms with Gasteiger partial charge in [0.2, 0.25) is 0 Å². The van der Waals surface area contributed by atoms with E-state index < -0.39 is 6.10 Å². The number of aromatic nitrogens is 2. The standard InChI is InChI=1S/C14H16ClIN2O/c1-9(2)18-6-5-11(17-18)8-14(19)12-7-10(15)3-4-13(12)16/h3-7,9,14,19H,8H2,1-2H3. The van der Waals surface area contributed by atoms with Gasteiger partial charge >= 0.3 is 0 Å². The summed E-state index contributed by atoms with van der Waals surface area (Å²) >= 11 is 8.18. The Hall–Kier alpha value is -0.590. The summed E-state index contributed by atoms with van der Waals surface area (Å²) in [4.78, 5) is 0. The number of hydrogen-bond donors (Lipinski definition) is 1. The molecule has 0 aliphatic heterocycles. The average Bonchev–Trinajstić information content (AvgIpc) is 2.80. The van der Waals surface area contributed by atoms with Crippen LogP contribution in [-0.4, -0.2) is 14.9 Å². The van der Waals surface area contributed by atoms with Crippen molar-refractivity contribution >= 4 is 34.2 Å². The monoisotopic (exact) mass is 390 g/mol. The third kappa shape index (κ3) is 3.70. The van der Waals surface area contributed by atoms with Crippen molar-refractivity contribution in [2.24, 2.45) is 0 Å². The van der Waals surface area contributed by atoms with Crippen LogP contribution in [-0.2, 0) is 6.42 Å². The van der Waals surface area contributed by atoms with Crippen LogP contribution in [0.4, 0.5) is 0 Å². The largest absolute Gasteiger partial charge is 0.388 e. The van der Waals surface area contributed by atoms with Crippen molar-refractivity contribution in [2.75, 3.05) is 0 Å². The fourth-order valence-corrected chi connectivity index (χ4v) is 2.73. The number of rotatable bonds is 4. The summed E-state index contributed by atoms with van der Waals surface area (Å²) in [5.41, 5.74) is 1.74. The number of halogens is 2. The first kappa shape index (κ1) is 14.8. The maximum Gasteiger partial charge on any atom is 0.0856 e. The molecule has 0 spiro atoms. The Morgan fingerprint density at radius 1 is 1.37 bits per heavy atom. The molecule has 2 aromatic rings. The molecule has 0 saturated heterocycles. The lowest BCUT2D eigenvalue weighted by Gasteiger charge is -2.12. The molecule has 2 rings (SSSR count). The van der Waals surface area contributed by atoms with Gasteiger partial charge in [-0.05, 0) is 66.3 Å². The zero-order chi connectivity index (χ0) is 14.0. The fourth-order valence-electron chi connectivity index (χ4n) is 1.85. The minimum Gasteiger partial charge on any atom is -0.388 e. The molecule has 19 heavy (non-hydrogen) atoms. The summed E-state index contributed by atoms with van der Waals surface area (Å²) in [6.07, 6.45) is 1.85. The van der Waals surface area contributed by atoms with E-state index in [2.05, 4.69) is 41.5 Å². The summed E-state index contributed by atoms with van der Waals surface area (Å²) in [5.74, 6) is 0. The lowest BCUT2D eigenvalue weighted by atomic mass is 10.1. The molecule has 0 aliphatic carbocycles. The third-order valence-electron chi connectivity index (χ3n) is 2.91. The van der Waals surface area contributed by atoms with Gasteiger partial charge in [0.1, 0.15) is 0 Å². The molecule has 0 fully saturated rings. The quantitative estimate of drug-likeness (QED) is 0.802. The van der Waals surface area contributed by atoms with E-state index in [9.17, 15) is 5.11 Å². The molecule has 1 atom stereocenters. The smallest absolute Gasteiger partial charge is 0.0856 e. The van der Waals surface area contributed by atoms with Gasteiger partial charge in [0.05, 0.1) is 11.8 Å². The second kappa shape index (κ2) is 6.24. The van der Waals surface area contributed by atoms with Gasteiger partial charge in [0.15, 0.2) is 0 Å². The first-order valence-electron chi connectivity index (χ1n) is 6.14. The molecule has 1 aromatic carbocycles. The summed E-state index contributed by atoms with van der Waals surface area (Å²) in [6.45, 7) is 4.15. The van der Waals surface area contributed by atoms with Crippen LogP contribution in [0, 0.1) is 3.57 Å². The predicted molar refractivity (Wildman–Crippen MR) is 85.4 cm³/mol. The highest BCUT2D eigenvalue weighted by Crippen LogP contribution is 2.26. The Balaban J connectivity index is 2.15. The van der Waals surface area contributed by atoms with Gasteiger partial charge in [-0.1, -0.05) is 11.6 Å². The first-order valence-corrected chi connectivity index (χ1v) is 7.60. The van der Waals surface area contributed by atoms with Crippen molar-refractivity contribution in [1.82, 2.24) is 9.78 Å². The molecule has 0 radical (unpaired) electrons. The van der Waals surface area contributed by atoms with Crippen molar-refractivity contribution in [2.45, 2.75) is 32.4 Å². The maximum absolute atomic E-state index is 10.3. The van der Waals surface area contributed by atoms with Crippen LogP contribution in [0.2, 0.25) is 5.02 Å². The molecule has 1 aromatic heterocycles. The third-order valence-corrected chi connectivity index (χ3v) is 4.13. The number of nitrogens with zero attached hydrogens (tertiary/aromatic N) is 2. The number of benzene rings is 1. The van der Waals surface area contributed by atoms with Gasteiger partial charge in [-0.2, -0.15) is 5.10 Å². The second-order valence-corrected chi connectivity index (χ2v) is 6.37. The van der Waals surface area contributed by atoms with Gasteiger partial charge in [-0.25, -0.2) is 0 Å². The van der Waals surface area contributed by atoms with Crippen molar-refractivity contribution in [3.8, 4) is 0 Å². The summed E-state index contributed by atoms with van der Waals surface area (Å²) in [5, 5.41) is 15.4. The van der Waals surface area contributed by atoms with E-state index in [1.165, 1.54) is 0 Å². The van der Waals surface area contributed by atoms with Gasteiger partial charge in [-0.3, -0.25) is 4.68 Å². The molecule has 1 unspecified atom stereocenters. The number of aliphatic hydroxyl groups is 1. The van der Waals surface area contributed by atoms with Crippen molar-refractivity contribution in [1.29, 1.82) is 0 Å². The molecule has 5 heteroatoms. The average molecular weight is 391 g/mol. The molecule has 3 nitrogen and oxygen atoms in total. The minimum atomic E-state index is -0.582. The number of aliphatic hydroxyl groups excluding tert-OH is 1. The first-order chi connectivity index (χ1) is 8.97. The molecular weight excluding hydrogens is 375 g/mol. The highest BCUT2D eigenvalue weighted by molar-refractivity contribution is 14.1. The Bertz CT molecular complexity index is 568. The SMILES string of the molecule is CC(C)n1ccc(CC(O)c2cc(Cl)ccc2I)n1. The molecule has 0 amide bonds. The van der Waals surface area contributed by atoms with E-state index in [1.54, 1.807) is 0 Å². The Kier molecular flexibility index (Phi) is 4.86. The zero-order valence-electron chi connectivity index (χ0n) is 10.8. The van der Waals surface area contributed by atoms with Crippen LogP contribution >= 0.6 is 34.2 Å². The van der Waals surface area contributed by atoms with E-state index in [4.69, 9.17) is 11.6 Å². The summed E-state index contributed by atoms with van der Waals surface area (Å²) in [7, 11) is 0. The highest BCUT2D eigenvalue weighted by Gasteiger charge is 2.14. The van der Waals surface area contributed by atoms with Crippen molar-refractivity contribution in [3.05, 3.63) is 50.3 Å². The number of hydrogen-bond acceptors (Lipinski definition) is 2. The van der Waals surface area contributed by atoms with Crippen molar-refractivity contribution in [3.63, 3.8) is 0 Å². The predicted octanol–water partition coefficient (Wildman–Crippen LogP) is 4.00. The fraction of sp³-hybridized carbons (Fsp3) is 0.357. The lowest BCUT2D eigenvalue weighted by molar-refractivity contribution is 0.176. The Morgan fingerprint density at radius 2 is 2.11 bits per heavy atom. The molecule has 1 heterocycles. The van der Waals surface area contributed by atoms with Crippen molar-refractivity contribution < 1.29 is 5.11 Å². The van der Waals surface area contributed by atoms with E-state index >= 15 is 0 Å². The van der Waals surface area contributed by atoms with Gasteiger partial charge in [0, 0.05) is 27.3 Å². The Labute approximate surface area is 131 Å². The normalized spacial score (nSPS) is 12.9. The van der Waals surface area contributed by atoms with Crippen LogP contribution in [0.3, 0.4) is 0 Å². The highest BCUT2D eigenvalue weighted by atomic mass is 127. The van der Waals surface area contributed by atoms with E-state index in [0.717, 1.165) is 14.8 Å². The maximum atomic E-state index is 10.3. The molecule has 1 N–H and O–H groups in total. The molecule has 0 bridgehead atoms. The summed E-state index contributed by atoms with van der Waals surface area (Å²) < 4.78 is 2.91. The lowest BCUT2D eigenvalue weighted by Crippen LogP contribution is -2.06. The van der Waals surface area contributed by atoms with E-state index in [0.29, 0.717) is 17.5 Å². The van der Waals surface area contributed by atoms with Crippen LogP contribution < -0.4 is 0 Å². The Morgan fingerprint density at radius 3 is 2.74 bits per heavy atom. The van der Waals surface area contributed by atoms with Crippen LogP contribution in [0.1, 0.15) is 37.3 Å². The van der Waals surface area contributed by atoms with Crippen LogP contribution in [0.25, 0.3) is 0 Å². The molecule has 102 valence electrons. The van der Waals surface area contributed by atoms with E-state index in [1.807, 2.05) is 35.1 Å². The topological polar surface area (TPSA) is 38.0 Å². The minimum absolute atomic E-state index is 0.331. The van der Waals surface area contributed by atoms with E-state index in [-0.39, 0.29) is 0 Å². The van der Waals surface area contributed by atoms with Gasteiger partial charge < -0.3 is 5.11 Å². The summed E-state index contributed by atoms with van der Waals surface area (Å²) in [6, 6.07) is 7.83. The van der Waals surface area contributed by atoms with Crippen LogP contribution in [0.15, 0.2) is 30.5 Å². The zero-order valence-corrected chi connectivity index (χ0v) is 13.8. The van der Waals surface area contributed by atoms with Gasteiger partial charge in [-0.15, -0.1) is 0 Å². The second-order valence-electron chi connectivity index (χ2n) is 4.77. The molecular formula is C14H16ClIN2O. The van der Waals surface area contributed by atoms with Crippen LogP contribution in [0.5, 0.6) is 0 Å². The molecule has 0 saturated carbocycles.